The van der Waals surface area contributed by atoms with E-state index in [1.807, 2.05) is 6.08 Å². The minimum Gasteiger partial charge on any atom is -0.290 e. The SMILES string of the molecule is CC[C@H]1CC[C@H]2C3=C(CC[C@]12C)[C@@]1(C)C=CC(=O)C=C1C=C3. The third-order valence-corrected chi connectivity index (χ3v) is 7.21. The van der Waals surface area contributed by atoms with Crippen LogP contribution < -0.4 is 0 Å². The third-order valence-electron chi connectivity index (χ3n) is 7.21. The van der Waals surface area contributed by atoms with E-state index in [0.29, 0.717) is 5.41 Å². The van der Waals surface area contributed by atoms with E-state index >= 15 is 0 Å². The maximum Gasteiger partial charge on any atom is 0.178 e. The summed E-state index contributed by atoms with van der Waals surface area (Å²) in [6.07, 6.45) is 16.9. The molecule has 116 valence electrons. The first-order chi connectivity index (χ1) is 10.5. The molecule has 0 N–H and O–H groups in total. The zero-order valence-corrected chi connectivity index (χ0v) is 14.0. The highest BCUT2D eigenvalue weighted by molar-refractivity contribution is 6.02. The molecule has 0 saturated heterocycles. The number of fused-ring (bicyclic) bond motifs is 4. The molecule has 4 rings (SSSR count). The van der Waals surface area contributed by atoms with E-state index in [1.54, 1.807) is 17.2 Å². The number of carbonyl (C=O) groups is 1. The predicted octanol–water partition coefficient (Wildman–Crippen LogP) is 5.16. The largest absolute Gasteiger partial charge is 0.290 e. The van der Waals surface area contributed by atoms with Crippen molar-refractivity contribution in [1.29, 1.82) is 0 Å². The second-order valence-corrected chi connectivity index (χ2v) is 8.05. The molecule has 0 aliphatic heterocycles. The van der Waals surface area contributed by atoms with Crippen LogP contribution in [0.25, 0.3) is 0 Å². The summed E-state index contributed by atoms with van der Waals surface area (Å²) in [6, 6.07) is 0. The Morgan fingerprint density at radius 1 is 1.18 bits per heavy atom. The lowest BCUT2D eigenvalue weighted by Crippen LogP contribution is -2.38. The molecule has 0 unspecified atom stereocenters. The molecule has 4 aliphatic carbocycles. The Hall–Kier alpha value is -1.37. The molecular formula is C21H26O. The maximum atomic E-state index is 11.7. The van der Waals surface area contributed by atoms with E-state index in [-0.39, 0.29) is 11.2 Å². The van der Waals surface area contributed by atoms with Gasteiger partial charge in [0, 0.05) is 5.41 Å². The van der Waals surface area contributed by atoms with E-state index in [0.717, 1.165) is 11.8 Å². The molecule has 0 spiro atoms. The van der Waals surface area contributed by atoms with Crippen molar-refractivity contribution < 1.29 is 4.79 Å². The van der Waals surface area contributed by atoms with Gasteiger partial charge in [-0.25, -0.2) is 0 Å². The van der Waals surface area contributed by atoms with Crippen LogP contribution in [0.15, 0.2) is 47.1 Å². The fourth-order valence-electron chi connectivity index (χ4n) is 5.77. The standard InChI is InChI=1S/C21H26O/c1-4-14-6-8-18-17-7-5-15-13-16(22)9-11-21(15,3)19(17)10-12-20(14,18)2/h5,7,9,11,13-14,18H,4,6,8,10,12H2,1-3H3/t14-,18-,20+,21-/m0/s1. The van der Waals surface area contributed by atoms with Crippen LogP contribution in [-0.2, 0) is 4.79 Å². The average Bonchev–Trinajstić information content (AvgIpc) is 2.84. The minimum atomic E-state index is -0.0381. The second-order valence-electron chi connectivity index (χ2n) is 8.05. The van der Waals surface area contributed by atoms with Gasteiger partial charge in [-0.05, 0) is 73.2 Å². The molecule has 1 fully saturated rings. The molecule has 0 radical (unpaired) electrons. The fraction of sp³-hybridized carbons (Fsp3) is 0.571. The van der Waals surface area contributed by atoms with Crippen molar-refractivity contribution in [2.24, 2.45) is 22.7 Å². The van der Waals surface area contributed by atoms with Crippen molar-refractivity contribution >= 4 is 5.78 Å². The first-order valence-corrected chi connectivity index (χ1v) is 8.86. The monoisotopic (exact) mass is 294 g/mol. The highest BCUT2D eigenvalue weighted by Crippen LogP contribution is 2.62. The van der Waals surface area contributed by atoms with Crippen LogP contribution >= 0.6 is 0 Å². The Labute approximate surface area is 133 Å². The van der Waals surface area contributed by atoms with Crippen molar-refractivity contribution in [1.82, 2.24) is 0 Å². The molecule has 0 bridgehead atoms. The lowest BCUT2D eigenvalue weighted by Gasteiger charge is -2.48. The lowest BCUT2D eigenvalue weighted by atomic mass is 9.56. The highest BCUT2D eigenvalue weighted by atomic mass is 16.1. The molecule has 0 aromatic heterocycles. The van der Waals surface area contributed by atoms with Gasteiger partial charge in [0.1, 0.15) is 0 Å². The number of hydrogen-bond acceptors (Lipinski definition) is 1. The van der Waals surface area contributed by atoms with Gasteiger partial charge in [-0.1, -0.05) is 44.1 Å². The normalized spacial score (nSPS) is 42.9. The Balaban J connectivity index is 1.81. The molecule has 0 amide bonds. The zero-order valence-electron chi connectivity index (χ0n) is 14.0. The molecule has 22 heavy (non-hydrogen) atoms. The van der Waals surface area contributed by atoms with Crippen LogP contribution in [0.2, 0.25) is 0 Å². The van der Waals surface area contributed by atoms with Gasteiger partial charge in [0.25, 0.3) is 0 Å². The number of ketones is 1. The van der Waals surface area contributed by atoms with Gasteiger partial charge in [-0.3, -0.25) is 4.79 Å². The van der Waals surface area contributed by atoms with Gasteiger partial charge in [0.15, 0.2) is 5.78 Å². The third kappa shape index (κ3) is 1.68. The summed E-state index contributed by atoms with van der Waals surface area (Å²) in [6.45, 7) is 7.19. The van der Waals surface area contributed by atoms with Crippen LogP contribution in [-0.4, -0.2) is 5.78 Å². The van der Waals surface area contributed by atoms with Gasteiger partial charge in [0.2, 0.25) is 0 Å². The Morgan fingerprint density at radius 3 is 2.77 bits per heavy atom. The van der Waals surface area contributed by atoms with E-state index < -0.39 is 0 Å². The Bertz CT molecular complexity index is 659. The molecule has 1 heteroatoms. The van der Waals surface area contributed by atoms with E-state index in [2.05, 4.69) is 39.0 Å². The first kappa shape index (κ1) is 14.2. The zero-order chi connectivity index (χ0) is 15.5. The van der Waals surface area contributed by atoms with Crippen LogP contribution in [0.3, 0.4) is 0 Å². The van der Waals surface area contributed by atoms with Gasteiger partial charge in [-0.15, -0.1) is 0 Å². The van der Waals surface area contributed by atoms with Gasteiger partial charge in [-0.2, -0.15) is 0 Å². The smallest absolute Gasteiger partial charge is 0.178 e. The van der Waals surface area contributed by atoms with Crippen LogP contribution in [0.4, 0.5) is 0 Å². The highest BCUT2D eigenvalue weighted by Gasteiger charge is 2.51. The van der Waals surface area contributed by atoms with E-state index in [9.17, 15) is 4.79 Å². The number of hydrogen-bond donors (Lipinski definition) is 0. The van der Waals surface area contributed by atoms with Crippen LogP contribution in [0.1, 0.15) is 52.9 Å². The predicted molar refractivity (Wildman–Crippen MR) is 90.3 cm³/mol. The van der Waals surface area contributed by atoms with Crippen molar-refractivity contribution in [3.63, 3.8) is 0 Å². The summed E-state index contributed by atoms with van der Waals surface area (Å²) in [7, 11) is 0. The number of allylic oxidation sites excluding steroid dienone is 8. The van der Waals surface area contributed by atoms with Gasteiger partial charge >= 0.3 is 0 Å². The molecular weight excluding hydrogens is 268 g/mol. The summed E-state index contributed by atoms with van der Waals surface area (Å²) >= 11 is 0. The molecule has 1 saturated carbocycles. The maximum absolute atomic E-state index is 11.7. The quantitative estimate of drug-likeness (QED) is 0.653. The summed E-state index contributed by atoms with van der Waals surface area (Å²) in [4.78, 5) is 11.7. The fourth-order valence-corrected chi connectivity index (χ4v) is 5.77. The summed E-state index contributed by atoms with van der Waals surface area (Å²) < 4.78 is 0. The number of carbonyl (C=O) groups excluding carboxylic acids is 1. The average molecular weight is 294 g/mol. The molecule has 4 aliphatic rings. The number of rotatable bonds is 1. The molecule has 0 aromatic rings. The van der Waals surface area contributed by atoms with Crippen LogP contribution in [0, 0.1) is 22.7 Å². The van der Waals surface area contributed by atoms with Crippen molar-refractivity contribution in [3.05, 3.63) is 47.1 Å². The molecule has 0 aromatic carbocycles. The van der Waals surface area contributed by atoms with Crippen molar-refractivity contribution in [2.45, 2.75) is 52.9 Å². The van der Waals surface area contributed by atoms with Gasteiger partial charge in [0.05, 0.1) is 0 Å². The Kier molecular flexibility index (Phi) is 2.95. The minimum absolute atomic E-state index is 0.0381. The van der Waals surface area contributed by atoms with Crippen molar-refractivity contribution in [3.8, 4) is 0 Å². The van der Waals surface area contributed by atoms with E-state index in [4.69, 9.17) is 0 Å². The molecule has 4 atom stereocenters. The van der Waals surface area contributed by atoms with Crippen molar-refractivity contribution in [2.75, 3.05) is 0 Å². The summed E-state index contributed by atoms with van der Waals surface area (Å²) in [5, 5.41) is 0. The summed E-state index contributed by atoms with van der Waals surface area (Å²) in [5.74, 6) is 1.74. The van der Waals surface area contributed by atoms with Gasteiger partial charge < -0.3 is 0 Å². The lowest BCUT2D eigenvalue weighted by molar-refractivity contribution is -0.110. The summed E-state index contributed by atoms with van der Waals surface area (Å²) in [5.41, 5.74) is 4.83. The molecule has 1 nitrogen and oxygen atoms in total. The second kappa shape index (κ2) is 4.57. The Morgan fingerprint density at radius 2 is 2.00 bits per heavy atom. The molecule has 0 heterocycles. The van der Waals surface area contributed by atoms with Crippen LogP contribution in [0.5, 0.6) is 0 Å². The topological polar surface area (TPSA) is 17.1 Å². The van der Waals surface area contributed by atoms with E-state index in [1.165, 1.54) is 37.7 Å². The first-order valence-electron chi connectivity index (χ1n) is 8.86.